The number of rotatable bonds is 2. The van der Waals surface area contributed by atoms with Crippen molar-refractivity contribution in [1.29, 1.82) is 0 Å². The minimum absolute atomic E-state index is 0.129. The van der Waals surface area contributed by atoms with Crippen LogP contribution in [0, 0.1) is 0 Å². The van der Waals surface area contributed by atoms with E-state index in [0.717, 1.165) is 12.1 Å². The first kappa shape index (κ1) is 13.5. The first-order valence-corrected chi connectivity index (χ1v) is 5.47. The summed E-state index contributed by atoms with van der Waals surface area (Å²) < 4.78 is 37.6. The van der Waals surface area contributed by atoms with Gasteiger partial charge in [-0.25, -0.2) is 0 Å². The van der Waals surface area contributed by atoms with Crippen molar-refractivity contribution in [3.63, 3.8) is 0 Å². The Labute approximate surface area is 104 Å². The molecule has 0 aliphatic carbocycles. The summed E-state index contributed by atoms with van der Waals surface area (Å²) in [6.45, 7) is 1.23. The zero-order valence-corrected chi connectivity index (χ0v) is 10.4. The highest BCUT2D eigenvalue weighted by Crippen LogP contribution is 2.35. The van der Waals surface area contributed by atoms with E-state index in [2.05, 4.69) is 15.9 Å². The Morgan fingerprint density at radius 2 is 2.00 bits per heavy atom. The minimum atomic E-state index is -4.44. The second-order valence-corrected chi connectivity index (χ2v) is 4.50. The highest BCUT2D eigenvalue weighted by atomic mass is 79.9. The molecule has 0 N–H and O–H groups in total. The lowest BCUT2D eigenvalue weighted by atomic mass is 10.1. The van der Waals surface area contributed by atoms with Gasteiger partial charge in [0.1, 0.15) is 5.38 Å². The number of carbonyl (C=O) groups is 1. The molecule has 1 unspecified atom stereocenters. The summed E-state index contributed by atoms with van der Waals surface area (Å²) in [6, 6.07) is 3.04. The quantitative estimate of drug-likeness (QED) is 0.742. The van der Waals surface area contributed by atoms with Gasteiger partial charge in [-0.2, -0.15) is 13.2 Å². The fourth-order valence-electron chi connectivity index (χ4n) is 1.13. The largest absolute Gasteiger partial charge is 0.416 e. The summed E-state index contributed by atoms with van der Waals surface area (Å²) >= 11 is 8.78. The van der Waals surface area contributed by atoms with Gasteiger partial charge in [-0.3, -0.25) is 4.79 Å². The third-order valence-electron chi connectivity index (χ3n) is 1.95. The molecular formula is C10H7BrClF3O. The van der Waals surface area contributed by atoms with Crippen LogP contribution in [0.2, 0.25) is 0 Å². The van der Waals surface area contributed by atoms with Crippen molar-refractivity contribution in [1.82, 2.24) is 0 Å². The Bertz CT molecular complexity index is 417. The van der Waals surface area contributed by atoms with Crippen LogP contribution in [0.5, 0.6) is 0 Å². The third-order valence-corrected chi connectivity index (χ3v) is 3.22. The van der Waals surface area contributed by atoms with E-state index in [9.17, 15) is 18.0 Å². The summed E-state index contributed by atoms with van der Waals surface area (Å²) in [5.74, 6) is -0.401. The molecule has 0 fully saturated rings. The molecule has 0 saturated heterocycles. The average molecular weight is 316 g/mol. The molecule has 0 aliphatic rings. The summed E-state index contributed by atoms with van der Waals surface area (Å²) in [5, 5.41) is -1.07. The van der Waals surface area contributed by atoms with Crippen LogP contribution in [-0.2, 0) is 11.0 Å². The smallest absolute Gasteiger partial charge is 0.298 e. The number of ketones is 1. The molecule has 0 bridgehead atoms. The van der Waals surface area contributed by atoms with Gasteiger partial charge in [-0.15, -0.1) is 11.6 Å². The fourth-order valence-corrected chi connectivity index (χ4v) is 1.92. The standard InChI is InChI=1S/C10H7BrClF3O/c1-5(16)9(12)7-4-6(10(13,14)15)2-3-8(7)11/h2-4,9H,1H3. The Balaban J connectivity index is 3.24. The Kier molecular flexibility index (Phi) is 4.02. The summed E-state index contributed by atoms with van der Waals surface area (Å²) in [7, 11) is 0. The summed E-state index contributed by atoms with van der Waals surface area (Å²) in [5.41, 5.74) is -0.693. The Hall–Kier alpha value is -0.550. The lowest BCUT2D eigenvalue weighted by Gasteiger charge is -2.12. The Morgan fingerprint density at radius 3 is 2.44 bits per heavy atom. The maximum atomic E-state index is 12.4. The molecule has 0 amide bonds. The minimum Gasteiger partial charge on any atom is -0.298 e. The van der Waals surface area contributed by atoms with Crippen molar-refractivity contribution in [2.24, 2.45) is 0 Å². The molecule has 88 valence electrons. The molecule has 0 aliphatic heterocycles. The highest BCUT2D eigenvalue weighted by Gasteiger charge is 2.31. The normalized spacial score (nSPS) is 13.6. The zero-order valence-electron chi connectivity index (χ0n) is 8.11. The van der Waals surface area contributed by atoms with Gasteiger partial charge in [-0.05, 0) is 30.7 Å². The lowest BCUT2D eigenvalue weighted by molar-refractivity contribution is -0.137. The molecule has 1 atom stereocenters. The van der Waals surface area contributed by atoms with Crippen LogP contribution >= 0.6 is 27.5 Å². The van der Waals surface area contributed by atoms with E-state index in [1.807, 2.05) is 0 Å². The van der Waals surface area contributed by atoms with E-state index in [1.165, 1.54) is 13.0 Å². The van der Waals surface area contributed by atoms with Gasteiger partial charge >= 0.3 is 6.18 Å². The van der Waals surface area contributed by atoms with Crippen LogP contribution in [0.15, 0.2) is 22.7 Å². The first-order chi connectivity index (χ1) is 7.23. The van der Waals surface area contributed by atoms with E-state index in [1.54, 1.807) is 0 Å². The molecule has 1 rings (SSSR count). The van der Waals surface area contributed by atoms with Crippen LogP contribution in [0.25, 0.3) is 0 Å². The van der Waals surface area contributed by atoms with Crippen LogP contribution < -0.4 is 0 Å². The van der Waals surface area contributed by atoms with E-state index in [0.29, 0.717) is 4.47 Å². The van der Waals surface area contributed by atoms with Crippen molar-refractivity contribution < 1.29 is 18.0 Å². The first-order valence-electron chi connectivity index (χ1n) is 4.24. The van der Waals surface area contributed by atoms with E-state index >= 15 is 0 Å². The van der Waals surface area contributed by atoms with Gasteiger partial charge in [0, 0.05) is 4.47 Å². The SMILES string of the molecule is CC(=O)C(Cl)c1cc(C(F)(F)F)ccc1Br. The molecule has 6 heteroatoms. The van der Waals surface area contributed by atoms with Crippen LogP contribution in [0.3, 0.4) is 0 Å². The molecule has 0 aromatic heterocycles. The molecule has 1 nitrogen and oxygen atoms in total. The number of hydrogen-bond donors (Lipinski definition) is 0. The van der Waals surface area contributed by atoms with Gasteiger partial charge in [0.2, 0.25) is 0 Å². The molecule has 0 saturated carbocycles. The third kappa shape index (κ3) is 2.98. The molecule has 0 heterocycles. The second-order valence-electron chi connectivity index (χ2n) is 3.21. The predicted molar refractivity (Wildman–Crippen MR) is 58.4 cm³/mol. The van der Waals surface area contributed by atoms with E-state index in [-0.39, 0.29) is 5.56 Å². The van der Waals surface area contributed by atoms with Crippen molar-refractivity contribution >= 4 is 33.3 Å². The number of carbonyl (C=O) groups excluding carboxylic acids is 1. The topological polar surface area (TPSA) is 17.1 Å². The van der Waals surface area contributed by atoms with E-state index < -0.39 is 22.9 Å². The lowest BCUT2D eigenvalue weighted by Crippen LogP contribution is -2.08. The van der Waals surface area contributed by atoms with Crippen LogP contribution in [0.1, 0.15) is 23.4 Å². The Morgan fingerprint density at radius 1 is 1.44 bits per heavy atom. The van der Waals surface area contributed by atoms with Crippen molar-refractivity contribution in [3.05, 3.63) is 33.8 Å². The summed E-state index contributed by atoms with van der Waals surface area (Å²) in [6.07, 6.45) is -4.44. The predicted octanol–water partition coefficient (Wildman–Crippen LogP) is 4.34. The van der Waals surface area contributed by atoms with Crippen LogP contribution in [-0.4, -0.2) is 5.78 Å². The molecule has 0 spiro atoms. The highest BCUT2D eigenvalue weighted by molar-refractivity contribution is 9.10. The van der Waals surface area contributed by atoms with Gasteiger partial charge in [-0.1, -0.05) is 15.9 Å². The fraction of sp³-hybridized carbons (Fsp3) is 0.300. The maximum absolute atomic E-state index is 12.4. The maximum Gasteiger partial charge on any atom is 0.416 e. The number of alkyl halides is 4. The van der Waals surface area contributed by atoms with Crippen molar-refractivity contribution in [2.45, 2.75) is 18.5 Å². The zero-order chi connectivity index (χ0) is 12.5. The van der Waals surface area contributed by atoms with Crippen LogP contribution in [0.4, 0.5) is 13.2 Å². The van der Waals surface area contributed by atoms with E-state index in [4.69, 9.17) is 11.6 Å². The monoisotopic (exact) mass is 314 g/mol. The van der Waals surface area contributed by atoms with Gasteiger partial charge in [0.05, 0.1) is 5.56 Å². The average Bonchev–Trinajstić information content (AvgIpc) is 2.15. The number of Topliss-reactive ketones (excluding diaryl/α,β-unsaturated/α-hetero) is 1. The van der Waals surface area contributed by atoms with Crippen molar-refractivity contribution in [2.75, 3.05) is 0 Å². The second kappa shape index (κ2) is 4.75. The summed E-state index contributed by atoms with van der Waals surface area (Å²) in [4.78, 5) is 11.0. The molecular weight excluding hydrogens is 308 g/mol. The van der Waals surface area contributed by atoms with Gasteiger partial charge in [0.15, 0.2) is 5.78 Å². The molecule has 0 radical (unpaired) electrons. The number of halogens is 5. The van der Waals surface area contributed by atoms with Gasteiger partial charge in [0.25, 0.3) is 0 Å². The number of benzene rings is 1. The molecule has 1 aromatic rings. The van der Waals surface area contributed by atoms with Crippen molar-refractivity contribution in [3.8, 4) is 0 Å². The molecule has 1 aromatic carbocycles. The number of hydrogen-bond acceptors (Lipinski definition) is 1. The van der Waals surface area contributed by atoms with Gasteiger partial charge < -0.3 is 0 Å². The molecule has 16 heavy (non-hydrogen) atoms.